The second-order valence-corrected chi connectivity index (χ2v) is 9.90. The first-order valence-corrected chi connectivity index (χ1v) is 13.1. The number of hydrogen-bond acceptors (Lipinski definition) is 7. The summed E-state index contributed by atoms with van der Waals surface area (Å²) in [4.78, 5) is 17.6. The van der Waals surface area contributed by atoms with Crippen LogP contribution in [0.4, 0.5) is 5.95 Å². The molecule has 184 valence electrons. The van der Waals surface area contributed by atoms with Crippen LogP contribution in [0.15, 0.2) is 58.9 Å². The fourth-order valence-electron chi connectivity index (χ4n) is 3.74. The molecule has 1 aliphatic heterocycles. The number of allylic oxidation sites excluding steroid dienone is 1. The number of anilines is 1. The van der Waals surface area contributed by atoms with Crippen LogP contribution in [0.1, 0.15) is 44.4 Å². The van der Waals surface area contributed by atoms with Crippen LogP contribution in [0, 0.1) is 0 Å². The van der Waals surface area contributed by atoms with Crippen LogP contribution >= 0.6 is 35.0 Å². The molecule has 1 aromatic heterocycles. The Hall–Kier alpha value is -2.68. The molecule has 1 atom stereocenters. The molecule has 2 heterocycles. The summed E-state index contributed by atoms with van der Waals surface area (Å²) in [5.41, 5.74) is 2.78. The van der Waals surface area contributed by atoms with E-state index in [2.05, 4.69) is 15.4 Å². The molecule has 1 unspecified atom stereocenters. The van der Waals surface area contributed by atoms with Gasteiger partial charge in [-0.3, -0.25) is 0 Å². The van der Waals surface area contributed by atoms with E-state index in [1.54, 1.807) is 34.6 Å². The van der Waals surface area contributed by atoms with Crippen LogP contribution in [-0.2, 0) is 16.1 Å². The van der Waals surface area contributed by atoms with Crippen LogP contribution in [-0.4, -0.2) is 33.1 Å². The molecule has 0 spiro atoms. The summed E-state index contributed by atoms with van der Waals surface area (Å²) in [6.45, 7) is 6.44. The summed E-state index contributed by atoms with van der Waals surface area (Å²) >= 11 is 14.0. The number of benzene rings is 2. The van der Waals surface area contributed by atoms with Gasteiger partial charge in [0.2, 0.25) is 11.1 Å². The van der Waals surface area contributed by atoms with E-state index >= 15 is 0 Å². The molecule has 0 aliphatic carbocycles. The van der Waals surface area contributed by atoms with Gasteiger partial charge >= 0.3 is 5.97 Å². The van der Waals surface area contributed by atoms with E-state index in [1.807, 2.05) is 45.0 Å². The molecule has 1 N–H and O–H groups in total. The lowest BCUT2D eigenvalue weighted by Gasteiger charge is -2.28. The first-order chi connectivity index (χ1) is 16.9. The molecule has 0 bridgehead atoms. The zero-order chi connectivity index (χ0) is 24.9. The number of rotatable bonds is 9. The van der Waals surface area contributed by atoms with Gasteiger partial charge in [0.1, 0.15) is 18.4 Å². The van der Waals surface area contributed by atoms with E-state index in [9.17, 15) is 4.79 Å². The minimum atomic E-state index is -0.485. The second-order valence-electron chi connectivity index (χ2n) is 7.86. The van der Waals surface area contributed by atoms with Gasteiger partial charge < -0.3 is 14.8 Å². The number of carbonyl (C=O) groups excluding carboxylic acids is 1. The number of nitrogens with zero attached hydrogens (tertiary/aromatic N) is 3. The molecule has 2 aromatic carbocycles. The third-order valence-electron chi connectivity index (χ3n) is 5.40. The number of thioether (sulfide) groups is 1. The molecule has 7 nitrogen and oxygen atoms in total. The van der Waals surface area contributed by atoms with Crippen molar-refractivity contribution in [1.82, 2.24) is 14.8 Å². The molecule has 0 saturated carbocycles. The van der Waals surface area contributed by atoms with E-state index in [0.717, 1.165) is 23.3 Å². The van der Waals surface area contributed by atoms with E-state index in [0.29, 0.717) is 44.8 Å². The monoisotopic (exact) mass is 532 g/mol. The van der Waals surface area contributed by atoms with E-state index in [4.69, 9.17) is 32.7 Å². The summed E-state index contributed by atoms with van der Waals surface area (Å²) < 4.78 is 13.2. The zero-order valence-corrected chi connectivity index (χ0v) is 22.0. The van der Waals surface area contributed by atoms with Gasteiger partial charge in [-0.25, -0.2) is 9.48 Å². The molecule has 3 aromatic rings. The molecule has 35 heavy (non-hydrogen) atoms. The Morgan fingerprint density at radius 1 is 1.14 bits per heavy atom. The molecule has 10 heteroatoms. The van der Waals surface area contributed by atoms with Crippen molar-refractivity contribution < 1.29 is 14.3 Å². The van der Waals surface area contributed by atoms with Gasteiger partial charge in [0, 0.05) is 21.3 Å². The highest BCUT2D eigenvalue weighted by Gasteiger charge is 2.35. The quantitative estimate of drug-likeness (QED) is 0.248. The number of esters is 1. The SMILES string of the molecule is CCCOC(=O)C1=C(C)Nc2nc(SCC)nn2C1c1ccc(OCc2c(Cl)cccc2Cl)cc1. The number of carbonyl (C=O) groups is 1. The Balaban J connectivity index is 1.63. The third kappa shape index (κ3) is 5.60. The molecular formula is C25H26Cl2N4O3S. The average molecular weight is 533 g/mol. The molecule has 0 fully saturated rings. The summed E-state index contributed by atoms with van der Waals surface area (Å²) in [6.07, 6.45) is 0.740. The van der Waals surface area contributed by atoms with Crippen molar-refractivity contribution in [1.29, 1.82) is 0 Å². The third-order valence-corrected chi connectivity index (χ3v) is 6.83. The predicted molar refractivity (Wildman–Crippen MR) is 139 cm³/mol. The van der Waals surface area contributed by atoms with Gasteiger partial charge in [-0.1, -0.05) is 67.0 Å². The first kappa shape index (κ1) is 25.4. The van der Waals surface area contributed by atoms with Crippen LogP contribution in [0.3, 0.4) is 0 Å². The number of aromatic nitrogens is 3. The Kier molecular flexibility index (Phi) is 8.26. The largest absolute Gasteiger partial charge is 0.489 e. The normalized spacial score (nSPS) is 14.9. The summed E-state index contributed by atoms with van der Waals surface area (Å²) in [5.74, 6) is 1.70. The van der Waals surface area contributed by atoms with E-state index < -0.39 is 6.04 Å². The van der Waals surface area contributed by atoms with Gasteiger partial charge in [0.05, 0.1) is 12.2 Å². The molecule has 1 aliphatic rings. The van der Waals surface area contributed by atoms with Crippen molar-refractivity contribution in [3.05, 3.63) is 74.9 Å². The highest BCUT2D eigenvalue weighted by Crippen LogP contribution is 2.37. The van der Waals surface area contributed by atoms with Crippen molar-refractivity contribution in [2.75, 3.05) is 17.7 Å². The highest BCUT2D eigenvalue weighted by molar-refractivity contribution is 7.99. The van der Waals surface area contributed by atoms with Crippen LogP contribution in [0.2, 0.25) is 10.0 Å². The smallest absolute Gasteiger partial charge is 0.338 e. The maximum Gasteiger partial charge on any atom is 0.338 e. The van der Waals surface area contributed by atoms with Crippen molar-refractivity contribution in [2.24, 2.45) is 0 Å². The van der Waals surface area contributed by atoms with E-state index in [1.165, 1.54) is 0 Å². The fourth-order valence-corrected chi connectivity index (χ4v) is 4.80. The molecule has 0 amide bonds. The Morgan fingerprint density at radius 2 is 1.86 bits per heavy atom. The zero-order valence-electron chi connectivity index (χ0n) is 19.7. The number of nitrogens with one attached hydrogen (secondary N) is 1. The minimum absolute atomic E-state index is 0.240. The Labute approximate surface area is 218 Å². The number of fused-ring (bicyclic) bond motifs is 1. The second kappa shape index (κ2) is 11.4. The molecule has 4 rings (SSSR count). The Morgan fingerprint density at radius 3 is 2.51 bits per heavy atom. The minimum Gasteiger partial charge on any atom is -0.489 e. The van der Waals surface area contributed by atoms with Crippen molar-refractivity contribution >= 4 is 46.9 Å². The van der Waals surface area contributed by atoms with Crippen molar-refractivity contribution in [3.8, 4) is 5.75 Å². The lowest BCUT2D eigenvalue weighted by molar-refractivity contribution is -0.139. The summed E-state index contributed by atoms with van der Waals surface area (Å²) in [6, 6.07) is 12.4. The maximum atomic E-state index is 13.0. The number of hydrogen-bond donors (Lipinski definition) is 1. The van der Waals surface area contributed by atoms with Gasteiger partial charge in [0.15, 0.2) is 0 Å². The lowest BCUT2D eigenvalue weighted by atomic mass is 9.96. The van der Waals surface area contributed by atoms with Crippen molar-refractivity contribution in [2.45, 2.75) is 45.0 Å². The van der Waals surface area contributed by atoms with Crippen LogP contribution < -0.4 is 10.1 Å². The first-order valence-electron chi connectivity index (χ1n) is 11.3. The van der Waals surface area contributed by atoms with Crippen molar-refractivity contribution in [3.63, 3.8) is 0 Å². The van der Waals surface area contributed by atoms with Gasteiger partial charge in [-0.05, 0) is 48.9 Å². The fraction of sp³-hybridized carbons (Fsp3) is 0.320. The molecule has 0 radical (unpaired) electrons. The topological polar surface area (TPSA) is 78.3 Å². The van der Waals surface area contributed by atoms with Gasteiger partial charge in [-0.15, -0.1) is 5.10 Å². The number of ether oxygens (including phenoxy) is 2. The average Bonchev–Trinajstić information content (AvgIpc) is 3.24. The van der Waals surface area contributed by atoms with Gasteiger partial charge in [-0.2, -0.15) is 4.98 Å². The predicted octanol–water partition coefficient (Wildman–Crippen LogP) is 6.52. The van der Waals surface area contributed by atoms with E-state index in [-0.39, 0.29) is 12.6 Å². The molecule has 0 saturated heterocycles. The van der Waals surface area contributed by atoms with Crippen LogP contribution in [0.5, 0.6) is 5.75 Å². The lowest BCUT2D eigenvalue weighted by Crippen LogP contribution is -2.29. The van der Waals surface area contributed by atoms with Crippen LogP contribution in [0.25, 0.3) is 0 Å². The Bertz CT molecular complexity index is 1220. The summed E-state index contributed by atoms with van der Waals surface area (Å²) in [5, 5.41) is 9.63. The van der Waals surface area contributed by atoms with Gasteiger partial charge in [0.25, 0.3) is 0 Å². The maximum absolute atomic E-state index is 13.0. The molecular weight excluding hydrogens is 507 g/mol. The highest BCUT2D eigenvalue weighted by atomic mass is 35.5. The number of halogens is 2. The summed E-state index contributed by atoms with van der Waals surface area (Å²) in [7, 11) is 0. The standard InChI is InChI=1S/C25H26Cl2N4O3S/c1-4-13-33-23(32)21-15(3)28-24-29-25(35-5-2)30-31(24)22(21)16-9-11-17(12-10-16)34-14-18-19(26)7-6-8-20(18)27/h6-12,22H,4-5,13-14H2,1-3H3,(H,28,29,30).